The van der Waals surface area contributed by atoms with Crippen LogP contribution in [0.2, 0.25) is 0 Å². The summed E-state index contributed by atoms with van der Waals surface area (Å²) < 4.78 is 43.8. The zero-order chi connectivity index (χ0) is 19.0. The van der Waals surface area contributed by atoms with Crippen molar-refractivity contribution in [2.24, 2.45) is 4.99 Å². The third-order valence-electron chi connectivity index (χ3n) is 3.52. The van der Waals surface area contributed by atoms with Crippen LogP contribution >= 0.6 is 0 Å². The van der Waals surface area contributed by atoms with Gasteiger partial charge in [0, 0.05) is 31.9 Å². The van der Waals surface area contributed by atoms with Crippen LogP contribution in [0.4, 0.5) is 13.2 Å². The average Bonchev–Trinajstić information content (AvgIpc) is 2.63. The second-order valence-corrected chi connectivity index (χ2v) is 5.38. The lowest BCUT2D eigenvalue weighted by Gasteiger charge is -2.14. The summed E-state index contributed by atoms with van der Waals surface area (Å²) in [5.41, 5.74) is 0.701. The van der Waals surface area contributed by atoms with E-state index in [1.54, 1.807) is 25.4 Å². The Morgan fingerprint density at radius 3 is 2.62 bits per heavy atom. The minimum absolute atomic E-state index is 0.217. The molecule has 0 atom stereocenters. The van der Waals surface area contributed by atoms with Crippen LogP contribution in [0.1, 0.15) is 23.6 Å². The topological polar surface area (TPSA) is 58.5 Å². The van der Waals surface area contributed by atoms with Gasteiger partial charge < -0.3 is 15.4 Å². The van der Waals surface area contributed by atoms with Gasteiger partial charge in [-0.25, -0.2) is 4.98 Å². The normalized spacial score (nSPS) is 12.0. The van der Waals surface area contributed by atoms with Crippen LogP contribution in [-0.2, 0) is 19.3 Å². The molecule has 5 nitrogen and oxygen atoms in total. The van der Waals surface area contributed by atoms with Gasteiger partial charge in [-0.15, -0.1) is 0 Å². The summed E-state index contributed by atoms with van der Waals surface area (Å²) in [4.78, 5) is 8.25. The molecule has 1 aromatic heterocycles. The van der Waals surface area contributed by atoms with E-state index in [4.69, 9.17) is 4.74 Å². The van der Waals surface area contributed by atoms with Gasteiger partial charge in [0.25, 0.3) is 0 Å². The van der Waals surface area contributed by atoms with Gasteiger partial charge in [0.2, 0.25) is 5.88 Å². The maximum absolute atomic E-state index is 12.8. The van der Waals surface area contributed by atoms with Crippen molar-refractivity contribution in [2.45, 2.75) is 26.2 Å². The number of aliphatic imine (C=N–C) groups is 1. The minimum atomic E-state index is -4.36. The van der Waals surface area contributed by atoms with Crippen LogP contribution in [0.5, 0.6) is 5.88 Å². The molecule has 2 aromatic rings. The zero-order valence-corrected chi connectivity index (χ0v) is 14.6. The molecule has 2 rings (SSSR count). The van der Waals surface area contributed by atoms with Crippen LogP contribution in [0.15, 0.2) is 47.6 Å². The molecule has 0 aliphatic heterocycles. The molecule has 0 saturated heterocycles. The van der Waals surface area contributed by atoms with Crippen molar-refractivity contribution in [3.8, 4) is 5.88 Å². The molecule has 0 fully saturated rings. The van der Waals surface area contributed by atoms with Gasteiger partial charge in [0.15, 0.2) is 5.96 Å². The zero-order valence-electron chi connectivity index (χ0n) is 14.6. The molecule has 8 heteroatoms. The van der Waals surface area contributed by atoms with Crippen molar-refractivity contribution in [1.29, 1.82) is 0 Å². The van der Waals surface area contributed by atoms with E-state index in [0.717, 1.165) is 17.7 Å². The maximum Gasteiger partial charge on any atom is 0.416 e. The molecule has 0 radical (unpaired) electrons. The second-order valence-electron chi connectivity index (χ2n) is 5.38. The first-order valence-electron chi connectivity index (χ1n) is 8.11. The number of alkyl halides is 3. The van der Waals surface area contributed by atoms with E-state index in [-0.39, 0.29) is 6.54 Å². The lowest BCUT2D eigenvalue weighted by molar-refractivity contribution is -0.137. The monoisotopic (exact) mass is 366 g/mol. The van der Waals surface area contributed by atoms with Crippen molar-refractivity contribution in [3.63, 3.8) is 0 Å². The summed E-state index contributed by atoms with van der Waals surface area (Å²) in [6.45, 7) is 3.02. The Kier molecular flexibility index (Phi) is 6.82. The fourth-order valence-electron chi connectivity index (χ4n) is 2.27. The Hall–Kier alpha value is -2.77. The largest absolute Gasteiger partial charge is 0.478 e. The first-order valence-corrected chi connectivity index (χ1v) is 8.11. The third kappa shape index (κ3) is 5.65. The van der Waals surface area contributed by atoms with E-state index >= 15 is 0 Å². The Balaban J connectivity index is 1.95. The number of nitrogens with one attached hydrogen (secondary N) is 2. The van der Waals surface area contributed by atoms with Crippen molar-refractivity contribution in [2.75, 3.05) is 13.7 Å². The predicted molar refractivity (Wildman–Crippen MR) is 93.9 cm³/mol. The highest BCUT2D eigenvalue weighted by atomic mass is 19.4. The molecule has 140 valence electrons. The van der Waals surface area contributed by atoms with E-state index in [0.29, 0.717) is 30.6 Å². The van der Waals surface area contributed by atoms with Gasteiger partial charge >= 0.3 is 6.18 Å². The molecule has 0 bridgehead atoms. The Morgan fingerprint density at radius 1 is 1.15 bits per heavy atom. The number of guanidine groups is 1. The number of hydrogen-bond donors (Lipinski definition) is 2. The summed E-state index contributed by atoms with van der Waals surface area (Å²) in [5.74, 6) is 1.00. The first kappa shape index (κ1) is 19.6. The molecule has 0 spiro atoms. The maximum atomic E-state index is 12.8. The van der Waals surface area contributed by atoms with Crippen LogP contribution in [0.3, 0.4) is 0 Å². The standard InChI is InChI=1S/C18H21F3N4O/c1-3-26-16-14(7-5-9-23-16)12-25-17(22-2)24-11-13-6-4-8-15(10-13)18(19,20)21/h4-10H,3,11-12H2,1-2H3,(H2,22,24,25). The number of nitrogens with zero attached hydrogens (tertiary/aromatic N) is 2. The van der Waals surface area contributed by atoms with Crippen molar-refractivity contribution >= 4 is 5.96 Å². The van der Waals surface area contributed by atoms with Gasteiger partial charge in [0.1, 0.15) is 0 Å². The third-order valence-corrected chi connectivity index (χ3v) is 3.52. The number of ether oxygens (including phenoxy) is 1. The Labute approximate surface area is 150 Å². The lowest BCUT2D eigenvalue weighted by Crippen LogP contribution is -2.36. The lowest BCUT2D eigenvalue weighted by atomic mass is 10.1. The molecule has 26 heavy (non-hydrogen) atoms. The van der Waals surface area contributed by atoms with Gasteiger partial charge in [-0.1, -0.05) is 18.2 Å². The Morgan fingerprint density at radius 2 is 1.92 bits per heavy atom. The summed E-state index contributed by atoms with van der Waals surface area (Å²) in [5, 5.41) is 6.09. The van der Waals surface area contributed by atoms with Gasteiger partial charge in [-0.05, 0) is 30.7 Å². The molecular formula is C18H21F3N4O. The summed E-state index contributed by atoms with van der Waals surface area (Å²) in [6, 6.07) is 8.87. The number of benzene rings is 1. The molecule has 0 unspecified atom stereocenters. The number of rotatable bonds is 6. The van der Waals surface area contributed by atoms with E-state index in [2.05, 4.69) is 20.6 Å². The number of aromatic nitrogens is 1. The molecule has 0 aliphatic rings. The van der Waals surface area contributed by atoms with E-state index in [1.807, 2.05) is 13.0 Å². The van der Waals surface area contributed by atoms with Crippen LogP contribution in [0.25, 0.3) is 0 Å². The fraction of sp³-hybridized carbons (Fsp3) is 0.333. The van der Waals surface area contributed by atoms with E-state index in [9.17, 15) is 13.2 Å². The SMILES string of the molecule is CCOc1ncccc1CNC(=NC)NCc1cccc(C(F)(F)F)c1. The van der Waals surface area contributed by atoms with Crippen molar-refractivity contribution in [1.82, 2.24) is 15.6 Å². The molecule has 0 aliphatic carbocycles. The summed E-state index contributed by atoms with van der Waals surface area (Å²) in [7, 11) is 1.59. The van der Waals surface area contributed by atoms with Gasteiger partial charge in [0.05, 0.1) is 12.2 Å². The Bertz CT molecular complexity index is 747. The quantitative estimate of drug-likeness (QED) is 0.608. The van der Waals surface area contributed by atoms with E-state index in [1.165, 1.54) is 6.07 Å². The fourth-order valence-corrected chi connectivity index (χ4v) is 2.27. The van der Waals surface area contributed by atoms with Gasteiger partial charge in [-0.3, -0.25) is 4.99 Å². The summed E-state index contributed by atoms with van der Waals surface area (Å²) >= 11 is 0. The predicted octanol–water partition coefficient (Wildman–Crippen LogP) is 3.36. The van der Waals surface area contributed by atoms with Crippen LogP contribution in [-0.4, -0.2) is 24.6 Å². The highest BCUT2D eigenvalue weighted by Crippen LogP contribution is 2.29. The van der Waals surface area contributed by atoms with Gasteiger partial charge in [-0.2, -0.15) is 13.2 Å². The van der Waals surface area contributed by atoms with Crippen molar-refractivity contribution < 1.29 is 17.9 Å². The highest BCUT2D eigenvalue weighted by Gasteiger charge is 2.30. The highest BCUT2D eigenvalue weighted by molar-refractivity contribution is 5.79. The number of halogens is 3. The van der Waals surface area contributed by atoms with E-state index < -0.39 is 11.7 Å². The molecular weight excluding hydrogens is 345 g/mol. The van der Waals surface area contributed by atoms with Crippen LogP contribution < -0.4 is 15.4 Å². The minimum Gasteiger partial charge on any atom is -0.478 e. The summed E-state index contributed by atoms with van der Waals surface area (Å²) in [6.07, 6.45) is -2.71. The first-order chi connectivity index (χ1) is 12.4. The molecule has 0 amide bonds. The van der Waals surface area contributed by atoms with Crippen molar-refractivity contribution in [3.05, 3.63) is 59.3 Å². The number of hydrogen-bond acceptors (Lipinski definition) is 3. The molecule has 0 saturated carbocycles. The number of pyridine rings is 1. The molecule has 1 heterocycles. The molecule has 2 N–H and O–H groups in total. The smallest absolute Gasteiger partial charge is 0.416 e. The average molecular weight is 366 g/mol. The molecule has 1 aromatic carbocycles. The second kappa shape index (κ2) is 9.07. The van der Waals surface area contributed by atoms with Crippen LogP contribution in [0, 0.1) is 0 Å².